The van der Waals surface area contributed by atoms with E-state index in [2.05, 4.69) is 41.4 Å². The zero-order chi connectivity index (χ0) is 13.0. The van der Waals surface area contributed by atoms with Gasteiger partial charge in [0.05, 0.1) is 6.61 Å². The number of benzene rings is 1. The fourth-order valence-corrected chi connectivity index (χ4v) is 2.52. The molecule has 1 aromatic carbocycles. The molecule has 1 fully saturated rings. The van der Waals surface area contributed by atoms with Crippen LogP contribution in [0.4, 0.5) is 5.69 Å². The Hall–Kier alpha value is -1.06. The van der Waals surface area contributed by atoms with E-state index in [1.54, 1.807) is 0 Å². The fourth-order valence-electron chi connectivity index (χ4n) is 2.52. The normalized spacial score (nSPS) is 16.6. The minimum atomic E-state index is 0.229. The van der Waals surface area contributed by atoms with Gasteiger partial charge in [-0.2, -0.15) is 0 Å². The molecule has 0 aromatic heterocycles. The second kappa shape index (κ2) is 6.21. The van der Waals surface area contributed by atoms with Gasteiger partial charge in [0.2, 0.25) is 0 Å². The van der Waals surface area contributed by atoms with E-state index in [1.807, 2.05) is 7.05 Å². The van der Waals surface area contributed by atoms with Crippen molar-refractivity contribution in [1.82, 2.24) is 5.32 Å². The molecular formula is C15H24N2O. The summed E-state index contributed by atoms with van der Waals surface area (Å²) in [5, 5.41) is 12.5. The van der Waals surface area contributed by atoms with Crippen molar-refractivity contribution >= 4 is 5.69 Å². The molecule has 2 N–H and O–H groups in total. The Morgan fingerprint density at radius 3 is 2.44 bits per heavy atom. The van der Waals surface area contributed by atoms with Crippen molar-refractivity contribution < 1.29 is 5.11 Å². The van der Waals surface area contributed by atoms with Crippen molar-refractivity contribution in [2.45, 2.75) is 38.3 Å². The van der Waals surface area contributed by atoms with Crippen molar-refractivity contribution in [3.8, 4) is 0 Å². The predicted octanol–water partition coefficient (Wildman–Crippen LogP) is 2.32. The summed E-state index contributed by atoms with van der Waals surface area (Å²) in [6, 6.07) is 9.85. The maximum Gasteiger partial charge on any atom is 0.0606 e. The summed E-state index contributed by atoms with van der Waals surface area (Å²) >= 11 is 0. The third-order valence-electron chi connectivity index (χ3n) is 3.71. The Morgan fingerprint density at radius 2 is 2.00 bits per heavy atom. The van der Waals surface area contributed by atoms with E-state index < -0.39 is 0 Å². The standard InChI is InChI=1S/C15H24N2O/c1-3-15(16-2)12-4-6-13(7-5-12)17(10-11-18)14-8-9-14/h4-7,14-16,18H,3,8-11H2,1-2H3. The van der Waals surface area contributed by atoms with Crippen molar-refractivity contribution in [3.05, 3.63) is 29.8 Å². The van der Waals surface area contributed by atoms with E-state index in [9.17, 15) is 0 Å². The van der Waals surface area contributed by atoms with Crippen molar-refractivity contribution in [3.63, 3.8) is 0 Å². The lowest BCUT2D eigenvalue weighted by Gasteiger charge is -2.24. The van der Waals surface area contributed by atoms with Crippen molar-refractivity contribution in [2.75, 3.05) is 25.1 Å². The highest BCUT2D eigenvalue weighted by Gasteiger charge is 2.28. The Morgan fingerprint density at radius 1 is 1.33 bits per heavy atom. The summed E-state index contributed by atoms with van der Waals surface area (Å²) in [5.74, 6) is 0. The molecule has 3 nitrogen and oxygen atoms in total. The number of hydrogen-bond acceptors (Lipinski definition) is 3. The molecule has 0 radical (unpaired) electrons. The Balaban J connectivity index is 2.10. The topological polar surface area (TPSA) is 35.5 Å². The van der Waals surface area contributed by atoms with E-state index in [0.29, 0.717) is 12.1 Å². The van der Waals surface area contributed by atoms with Gasteiger partial charge in [0, 0.05) is 24.3 Å². The van der Waals surface area contributed by atoms with Gasteiger partial charge in [-0.1, -0.05) is 19.1 Å². The second-order valence-corrected chi connectivity index (χ2v) is 4.99. The maximum absolute atomic E-state index is 9.14. The van der Waals surface area contributed by atoms with E-state index in [4.69, 9.17) is 5.11 Å². The smallest absolute Gasteiger partial charge is 0.0606 e. The third kappa shape index (κ3) is 3.03. The molecule has 2 rings (SSSR count). The number of hydrogen-bond donors (Lipinski definition) is 2. The zero-order valence-electron chi connectivity index (χ0n) is 11.4. The number of rotatable bonds is 7. The molecule has 0 saturated heterocycles. The van der Waals surface area contributed by atoms with Gasteiger partial charge < -0.3 is 15.3 Å². The summed E-state index contributed by atoms with van der Waals surface area (Å²) in [6.07, 6.45) is 3.62. The molecule has 100 valence electrons. The first-order chi connectivity index (χ1) is 8.80. The van der Waals surface area contributed by atoms with Crippen molar-refractivity contribution in [1.29, 1.82) is 0 Å². The van der Waals surface area contributed by atoms with Crippen LogP contribution in [0.15, 0.2) is 24.3 Å². The Kier molecular flexibility index (Phi) is 4.61. The molecule has 0 bridgehead atoms. The molecule has 1 unspecified atom stereocenters. The van der Waals surface area contributed by atoms with Crippen LogP contribution in [0, 0.1) is 0 Å². The van der Waals surface area contributed by atoms with Crippen LogP contribution < -0.4 is 10.2 Å². The highest BCUT2D eigenvalue weighted by atomic mass is 16.3. The molecule has 0 heterocycles. The Bertz CT molecular complexity index is 355. The van der Waals surface area contributed by atoms with Crippen LogP contribution in [0.2, 0.25) is 0 Å². The van der Waals surface area contributed by atoms with Gasteiger partial charge in [0.1, 0.15) is 0 Å². The molecule has 1 aliphatic carbocycles. The van der Waals surface area contributed by atoms with Crippen LogP contribution >= 0.6 is 0 Å². The van der Waals surface area contributed by atoms with Crippen LogP contribution in [-0.4, -0.2) is 31.3 Å². The first-order valence-electron chi connectivity index (χ1n) is 6.94. The van der Waals surface area contributed by atoms with Crippen LogP contribution in [0.3, 0.4) is 0 Å². The van der Waals surface area contributed by atoms with Crippen molar-refractivity contribution in [2.24, 2.45) is 0 Å². The van der Waals surface area contributed by atoms with Crippen LogP contribution in [-0.2, 0) is 0 Å². The zero-order valence-corrected chi connectivity index (χ0v) is 11.4. The highest BCUT2D eigenvalue weighted by molar-refractivity contribution is 5.50. The SMILES string of the molecule is CCC(NC)c1ccc(N(CCO)C2CC2)cc1. The minimum Gasteiger partial charge on any atom is -0.395 e. The number of aliphatic hydroxyl groups is 1. The van der Waals surface area contributed by atoms with Gasteiger partial charge in [0.25, 0.3) is 0 Å². The summed E-state index contributed by atoms with van der Waals surface area (Å²) in [6.45, 7) is 3.16. The number of nitrogens with zero attached hydrogens (tertiary/aromatic N) is 1. The molecule has 18 heavy (non-hydrogen) atoms. The predicted molar refractivity (Wildman–Crippen MR) is 76.0 cm³/mol. The third-order valence-corrected chi connectivity index (χ3v) is 3.71. The number of aliphatic hydroxyl groups excluding tert-OH is 1. The average molecular weight is 248 g/mol. The van der Waals surface area contributed by atoms with Gasteiger partial charge >= 0.3 is 0 Å². The van der Waals surface area contributed by atoms with Gasteiger partial charge in [0.15, 0.2) is 0 Å². The molecule has 0 aliphatic heterocycles. The molecule has 0 spiro atoms. The maximum atomic E-state index is 9.14. The Labute approximate surface area is 110 Å². The quantitative estimate of drug-likeness (QED) is 0.777. The molecular weight excluding hydrogens is 224 g/mol. The molecule has 1 saturated carbocycles. The summed E-state index contributed by atoms with van der Waals surface area (Å²) in [4.78, 5) is 2.32. The lowest BCUT2D eigenvalue weighted by atomic mass is 10.0. The largest absolute Gasteiger partial charge is 0.395 e. The molecule has 1 aliphatic rings. The van der Waals surface area contributed by atoms with E-state index in [-0.39, 0.29) is 6.61 Å². The summed E-state index contributed by atoms with van der Waals surface area (Å²) in [7, 11) is 2.00. The highest BCUT2D eigenvalue weighted by Crippen LogP contribution is 2.32. The molecule has 0 amide bonds. The van der Waals surface area contributed by atoms with E-state index in [1.165, 1.54) is 24.1 Å². The number of anilines is 1. The van der Waals surface area contributed by atoms with Gasteiger partial charge in [-0.3, -0.25) is 0 Å². The van der Waals surface area contributed by atoms with Gasteiger partial charge in [-0.15, -0.1) is 0 Å². The fraction of sp³-hybridized carbons (Fsp3) is 0.600. The summed E-state index contributed by atoms with van der Waals surface area (Å²) in [5.41, 5.74) is 2.57. The van der Waals surface area contributed by atoms with E-state index >= 15 is 0 Å². The van der Waals surface area contributed by atoms with Crippen LogP contribution in [0.1, 0.15) is 37.8 Å². The van der Waals surface area contributed by atoms with Gasteiger partial charge in [-0.25, -0.2) is 0 Å². The number of nitrogens with one attached hydrogen (secondary N) is 1. The lowest BCUT2D eigenvalue weighted by molar-refractivity contribution is 0.301. The first kappa shape index (κ1) is 13.4. The molecule has 1 aromatic rings. The van der Waals surface area contributed by atoms with E-state index in [0.717, 1.165) is 13.0 Å². The molecule has 1 atom stereocenters. The molecule has 3 heteroatoms. The van der Waals surface area contributed by atoms with Crippen LogP contribution in [0.5, 0.6) is 0 Å². The van der Waals surface area contributed by atoms with Crippen LogP contribution in [0.25, 0.3) is 0 Å². The van der Waals surface area contributed by atoms with Gasteiger partial charge in [-0.05, 0) is 44.0 Å². The monoisotopic (exact) mass is 248 g/mol. The minimum absolute atomic E-state index is 0.229. The second-order valence-electron chi connectivity index (χ2n) is 4.99. The average Bonchev–Trinajstić information content (AvgIpc) is 3.23. The first-order valence-corrected chi connectivity index (χ1v) is 6.94. The summed E-state index contributed by atoms with van der Waals surface area (Å²) < 4.78 is 0. The lowest BCUT2D eigenvalue weighted by Crippen LogP contribution is -2.28.